The summed E-state index contributed by atoms with van der Waals surface area (Å²) in [6.45, 7) is 5.63. The molecule has 1 unspecified atom stereocenters. The van der Waals surface area contributed by atoms with E-state index in [1.807, 2.05) is 12.1 Å². The second-order valence-corrected chi connectivity index (χ2v) is 5.52. The van der Waals surface area contributed by atoms with Crippen LogP contribution < -0.4 is 5.32 Å². The fourth-order valence-corrected chi connectivity index (χ4v) is 2.26. The Hall–Kier alpha value is -0.530. The van der Waals surface area contributed by atoms with Crippen LogP contribution in [-0.2, 0) is 0 Å². The van der Waals surface area contributed by atoms with E-state index in [1.54, 1.807) is 0 Å². The number of halogens is 1. The second kappa shape index (κ2) is 5.20. The van der Waals surface area contributed by atoms with Crippen molar-refractivity contribution in [1.82, 2.24) is 5.32 Å². The molecule has 0 aliphatic heterocycles. The van der Waals surface area contributed by atoms with Crippen molar-refractivity contribution in [2.24, 2.45) is 5.92 Å². The highest BCUT2D eigenvalue weighted by atomic mass is 35.5. The third-order valence-corrected chi connectivity index (χ3v) is 3.52. The van der Waals surface area contributed by atoms with Gasteiger partial charge in [0.2, 0.25) is 0 Å². The van der Waals surface area contributed by atoms with Crippen LogP contribution in [-0.4, -0.2) is 12.6 Å². The summed E-state index contributed by atoms with van der Waals surface area (Å²) in [5.41, 5.74) is 1.36. The minimum absolute atomic E-state index is 0.569. The van der Waals surface area contributed by atoms with Crippen LogP contribution in [0.1, 0.15) is 38.2 Å². The average Bonchev–Trinajstić information content (AvgIpc) is 3.01. The molecule has 1 fully saturated rings. The first-order valence-corrected chi connectivity index (χ1v) is 6.53. The van der Waals surface area contributed by atoms with Crippen LogP contribution in [0.4, 0.5) is 0 Å². The Morgan fingerprint density at radius 3 is 2.69 bits per heavy atom. The van der Waals surface area contributed by atoms with Gasteiger partial charge in [-0.3, -0.25) is 0 Å². The Bertz CT molecular complexity index is 344. The molecule has 1 nitrogen and oxygen atoms in total. The molecule has 1 aliphatic rings. The smallest absolute Gasteiger partial charge is 0.0408 e. The summed E-state index contributed by atoms with van der Waals surface area (Å²) in [7, 11) is 0. The lowest BCUT2D eigenvalue weighted by atomic mass is 9.88. The zero-order chi connectivity index (χ0) is 11.5. The highest BCUT2D eigenvalue weighted by Gasteiger charge is 2.23. The van der Waals surface area contributed by atoms with Crippen LogP contribution in [0.5, 0.6) is 0 Å². The molecule has 1 saturated carbocycles. The molecule has 0 heterocycles. The van der Waals surface area contributed by atoms with Crippen molar-refractivity contribution in [3.8, 4) is 0 Å². The van der Waals surface area contributed by atoms with Crippen molar-refractivity contribution in [3.05, 3.63) is 34.9 Å². The van der Waals surface area contributed by atoms with Gasteiger partial charge in [0, 0.05) is 17.6 Å². The predicted octanol–water partition coefficient (Wildman–Crippen LogP) is 3.83. The van der Waals surface area contributed by atoms with E-state index in [1.165, 1.54) is 18.4 Å². The predicted molar refractivity (Wildman–Crippen MR) is 70.1 cm³/mol. The fourth-order valence-electron chi connectivity index (χ4n) is 2.06. The van der Waals surface area contributed by atoms with Gasteiger partial charge in [-0.15, -0.1) is 0 Å². The van der Waals surface area contributed by atoms with Crippen molar-refractivity contribution in [3.63, 3.8) is 0 Å². The van der Waals surface area contributed by atoms with E-state index in [0.29, 0.717) is 11.8 Å². The standard InChI is InChI=1S/C14H20ClN/c1-10(2)14(9-16-13-6-7-13)11-4-3-5-12(15)8-11/h3-5,8,10,13-14,16H,6-7,9H2,1-2H3. The lowest BCUT2D eigenvalue weighted by Crippen LogP contribution is -2.26. The van der Waals surface area contributed by atoms with E-state index in [0.717, 1.165) is 17.6 Å². The summed E-state index contributed by atoms with van der Waals surface area (Å²) in [6.07, 6.45) is 2.70. The van der Waals surface area contributed by atoms with Crippen molar-refractivity contribution >= 4 is 11.6 Å². The van der Waals surface area contributed by atoms with E-state index in [9.17, 15) is 0 Å². The molecule has 16 heavy (non-hydrogen) atoms. The van der Waals surface area contributed by atoms with Crippen LogP contribution in [0, 0.1) is 5.92 Å². The monoisotopic (exact) mass is 237 g/mol. The minimum Gasteiger partial charge on any atom is -0.313 e. The van der Waals surface area contributed by atoms with Gasteiger partial charge in [-0.05, 0) is 42.4 Å². The molecule has 1 aromatic rings. The zero-order valence-corrected chi connectivity index (χ0v) is 10.8. The van der Waals surface area contributed by atoms with Gasteiger partial charge in [0.25, 0.3) is 0 Å². The third-order valence-electron chi connectivity index (χ3n) is 3.29. The van der Waals surface area contributed by atoms with Gasteiger partial charge in [0.05, 0.1) is 0 Å². The second-order valence-electron chi connectivity index (χ2n) is 5.09. The summed E-state index contributed by atoms with van der Waals surface area (Å²) in [5.74, 6) is 1.21. The quantitative estimate of drug-likeness (QED) is 0.821. The van der Waals surface area contributed by atoms with Crippen LogP contribution in [0.3, 0.4) is 0 Å². The molecule has 0 aromatic heterocycles. The molecule has 2 heteroatoms. The molecule has 1 aromatic carbocycles. The molecule has 0 radical (unpaired) electrons. The Morgan fingerprint density at radius 2 is 2.12 bits per heavy atom. The normalized spacial score (nSPS) is 17.8. The molecular weight excluding hydrogens is 218 g/mol. The largest absolute Gasteiger partial charge is 0.313 e. The lowest BCUT2D eigenvalue weighted by molar-refractivity contribution is 0.460. The maximum Gasteiger partial charge on any atom is 0.0408 e. The molecule has 88 valence electrons. The maximum atomic E-state index is 6.05. The molecule has 1 aliphatic carbocycles. The molecule has 1 N–H and O–H groups in total. The summed E-state index contributed by atoms with van der Waals surface area (Å²) < 4.78 is 0. The highest BCUT2D eigenvalue weighted by molar-refractivity contribution is 6.30. The van der Waals surface area contributed by atoms with E-state index in [2.05, 4.69) is 31.3 Å². The topological polar surface area (TPSA) is 12.0 Å². The van der Waals surface area contributed by atoms with Gasteiger partial charge in [0.15, 0.2) is 0 Å². The summed E-state index contributed by atoms with van der Waals surface area (Å²) in [4.78, 5) is 0. The minimum atomic E-state index is 0.569. The van der Waals surface area contributed by atoms with Crippen molar-refractivity contribution in [2.45, 2.75) is 38.6 Å². The third kappa shape index (κ3) is 3.23. The molecule has 0 bridgehead atoms. The van der Waals surface area contributed by atoms with Crippen molar-refractivity contribution in [1.29, 1.82) is 0 Å². The van der Waals surface area contributed by atoms with E-state index in [-0.39, 0.29) is 0 Å². The van der Waals surface area contributed by atoms with E-state index >= 15 is 0 Å². The molecule has 2 rings (SSSR count). The van der Waals surface area contributed by atoms with Crippen LogP contribution in [0.2, 0.25) is 5.02 Å². The first-order valence-electron chi connectivity index (χ1n) is 6.15. The van der Waals surface area contributed by atoms with Gasteiger partial charge in [-0.25, -0.2) is 0 Å². The van der Waals surface area contributed by atoms with Crippen LogP contribution in [0.15, 0.2) is 24.3 Å². The molecule has 0 amide bonds. The van der Waals surface area contributed by atoms with Gasteiger partial charge >= 0.3 is 0 Å². The molecule has 1 atom stereocenters. The fraction of sp³-hybridized carbons (Fsp3) is 0.571. The Balaban J connectivity index is 2.04. The number of hydrogen-bond donors (Lipinski definition) is 1. The SMILES string of the molecule is CC(C)C(CNC1CC1)c1cccc(Cl)c1. The zero-order valence-electron chi connectivity index (χ0n) is 10.0. The molecular formula is C14H20ClN. The van der Waals surface area contributed by atoms with Crippen LogP contribution >= 0.6 is 11.6 Å². The molecule has 0 saturated heterocycles. The average molecular weight is 238 g/mol. The Morgan fingerprint density at radius 1 is 1.38 bits per heavy atom. The first kappa shape index (κ1) is 11.9. The van der Waals surface area contributed by atoms with Crippen molar-refractivity contribution < 1.29 is 0 Å². The summed E-state index contributed by atoms with van der Waals surface area (Å²) in [6, 6.07) is 9.05. The number of hydrogen-bond acceptors (Lipinski definition) is 1. The van der Waals surface area contributed by atoms with Gasteiger partial charge in [-0.2, -0.15) is 0 Å². The van der Waals surface area contributed by atoms with Gasteiger partial charge < -0.3 is 5.32 Å². The molecule has 0 spiro atoms. The summed E-state index contributed by atoms with van der Waals surface area (Å²) in [5, 5.41) is 4.46. The number of benzene rings is 1. The first-order chi connectivity index (χ1) is 7.66. The van der Waals surface area contributed by atoms with Crippen LogP contribution in [0.25, 0.3) is 0 Å². The van der Waals surface area contributed by atoms with E-state index < -0.39 is 0 Å². The summed E-state index contributed by atoms with van der Waals surface area (Å²) >= 11 is 6.05. The van der Waals surface area contributed by atoms with Gasteiger partial charge in [-0.1, -0.05) is 37.6 Å². The highest BCUT2D eigenvalue weighted by Crippen LogP contribution is 2.27. The van der Waals surface area contributed by atoms with E-state index in [4.69, 9.17) is 11.6 Å². The Labute approximate surface area is 103 Å². The number of rotatable bonds is 5. The number of nitrogens with one attached hydrogen (secondary N) is 1. The van der Waals surface area contributed by atoms with Gasteiger partial charge in [0.1, 0.15) is 0 Å². The Kier molecular flexibility index (Phi) is 3.88. The van der Waals surface area contributed by atoms with Crippen molar-refractivity contribution in [2.75, 3.05) is 6.54 Å². The maximum absolute atomic E-state index is 6.05. The lowest BCUT2D eigenvalue weighted by Gasteiger charge is -2.22.